The van der Waals surface area contributed by atoms with Gasteiger partial charge in [-0.25, -0.2) is 9.78 Å². The monoisotopic (exact) mass is 316 g/mol. The van der Waals surface area contributed by atoms with Crippen molar-refractivity contribution in [2.75, 3.05) is 12.4 Å². The first kappa shape index (κ1) is 17.0. The van der Waals surface area contributed by atoms with Crippen molar-refractivity contribution < 1.29 is 9.53 Å². The lowest BCUT2D eigenvalue weighted by atomic mass is 10.1. The first-order valence-corrected chi connectivity index (χ1v) is 7.65. The van der Waals surface area contributed by atoms with E-state index < -0.39 is 0 Å². The third-order valence-corrected chi connectivity index (χ3v) is 4.05. The molecule has 1 unspecified atom stereocenters. The molecule has 0 aliphatic rings. The third kappa shape index (κ3) is 3.70. The highest BCUT2D eigenvalue weighted by Crippen LogP contribution is 2.17. The Labute approximate surface area is 136 Å². The van der Waals surface area contributed by atoms with E-state index in [0.29, 0.717) is 11.3 Å². The molecule has 0 aliphatic carbocycles. The number of esters is 1. The summed E-state index contributed by atoms with van der Waals surface area (Å²) in [5.41, 5.74) is 4.65. The van der Waals surface area contributed by atoms with Gasteiger partial charge in [0.05, 0.1) is 24.1 Å². The molecule has 2 aromatic heterocycles. The fraction of sp³-hybridized carbons (Fsp3) is 0.471. The Morgan fingerprint density at radius 2 is 2.00 bits per heavy atom. The maximum atomic E-state index is 11.6. The van der Waals surface area contributed by atoms with Crippen LogP contribution in [0.4, 0.5) is 5.82 Å². The van der Waals surface area contributed by atoms with Crippen LogP contribution >= 0.6 is 0 Å². The SMILES string of the molecule is COC(=O)c1ccc(NC(C)Cc2c(C)nn(C)c2C)nc1C. The Morgan fingerprint density at radius 1 is 1.30 bits per heavy atom. The van der Waals surface area contributed by atoms with Crippen LogP contribution < -0.4 is 5.32 Å². The molecule has 124 valence electrons. The fourth-order valence-corrected chi connectivity index (χ4v) is 2.69. The van der Waals surface area contributed by atoms with Crippen molar-refractivity contribution in [3.05, 3.63) is 40.3 Å². The van der Waals surface area contributed by atoms with E-state index in [2.05, 4.69) is 29.2 Å². The Morgan fingerprint density at radius 3 is 2.52 bits per heavy atom. The molecule has 0 bridgehead atoms. The summed E-state index contributed by atoms with van der Waals surface area (Å²) in [6.45, 7) is 8.02. The van der Waals surface area contributed by atoms with Gasteiger partial charge in [-0.3, -0.25) is 4.68 Å². The molecule has 6 heteroatoms. The predicted molar refractivity (Wildman–Crippen MR) is 89.8 cm³/mol. The number of methoxy groups -OCH3 is 1. The molecule has 1 N–H and O–H groups in total. The lowest BCUT2D eigenvalue weighted by Crippen LogP contribution is -2.20. The molecule has 2 heterocycles. The number of aryl methyl sites for hydroxylation is 3. The quantitative estimate of drug-likeness (QED) is 0.859. The van der Waals surface area contributed by atoms with E-state index >= 15 is 0 Å². The molecule has 2 aromatic rings. The molecule has 0 saturated heterocycles. The maximum Gasteiger partial charge on any atom is 0.339 e. The molecule has 0 aliphatic heterocycles. The van der Waals surface area contributed by atoms with Crippen LogP contribution in [0.3, 0.4) is 0 Å². The van der Waals surface area contributed by atoms with Gasteiger partial charge in [0.25, 0.3) is 0 Å². The van der Waals surface area contributed by atoms with Gasteiger partial charge in [0, 0.05) is 18.8 Å². The van der Waals surface area contributed by atoms with Crippen molar-refractivity contribution in [3.8, 4) is 0 Å². The zero-order chi connectivity index (χ0) is 17.1. The van der Waals surface area contributed by atoms with Crippen LogP contribution in [0.15, 0.2) is 12.1 Å². The van der Waals surface area contributed by atoms with Crippen LogP contribution in [0.25, 0.3) is 0 Å². The highest BCUT2D eigenvalue weighted by molar-refractivity contribution is 5.90. The van der Waals surface area contributed by atoms with Crippen LogP contribution in [0, 0.1) is 20.8 Å². The van der Waals surface area contributed by atoms with Crippen LogP contribution in [0.5, 0.6) is 0 Å². The molecule has 0 fully saturated rings. The number of pyridine rings is 1. The van der Waals surface area contributed by atoms with Crippen LogP contribution in [-0.2, 0) is 18.2 Å². The van der Waals surface area contributed by atoms with E-state index in [0.717, 1.165) is 17.9 Å². The van der Waals surface area contributed by atoms with Crippen molar-refractivity contribution in [2.45, 2.75) is 40.2 Å². The van der Waals surface area contributed by atoms with Gasteiger partial charge < -0.3 is 10.1 Å². The van der Waals surface area contributed by atoms with Crippen LogP contribution in [0.2, 0.25) is 0 Å². The summed E-state index contributed by atoms with van der Waals surface area (Å²) in [6.07, 6.45) is 0.866. The number of hydrogen-bond acceptors (Lipinski definition) is 5. The first-order chi connectivity index (χ1) is 10.8. The Kier molecular flexibility index (Phi) is 5.03. The number of hydrogen-bond donors (Lipinski definition) is 1. The Hall–Kier alpha value is -2.37. The standard InChI is InChI=1S/C17H24N4O2/c1-10(9-15-12(3)20-21(5)13(15)4)18-16-8-7-14(11(2)19-16)17(22)23-6/h7-8,10H,9H2,1-6H3,(H,18,19). The van der Waals surface area contributed by atoms with Gasteiger partial charge in [-0.05, 0) is 51.8 Å². The maximum absolute atomic E-state index is 11.6. The van der Waals surface area contributed by atoms with E-state index in [9.17, 15) is 4.79 Å². The average Bonchev–Trinajstić information content (AvgIpc) is 2.73. The second-order valence-electron chi connectivity index (χ2n) is 5.84. The molecule has 0 radical (unpaired) electrons. The molecule has 6 nitrogen and oxygen atoms in total. The van der Waals surface area contributed by atoms with E-state index in [1.807, 2.05) is 18.7 Å². The minimum absolute atomic E-state index is 0.201. The second-order valence-corrected chi connectivity index (χ2v) is 5.84. The van der Waals surface area contributed by atoms with E-state index in [1.54, 1.807) is 19.1 Å². The fourth-order valence-electron chi connectivity index (χ4n) is 2.69. The molecule has 0 spiro atoms. The van der Waals surface area contributed by atoms with Gasteiger partial charge in [-0.15, -0.1) is 0 Å². The second kappa shape index (κ2) is 6.81. The molecule has 0 aromatic carbocycles. The summed E-state index contributed by atoms with van der Waals surface area (Å²) in [7, 11) is 3.33. The number of ether oxygens (including phenoxy) is 1. The smallest absolute Gasteiger partial charge is 0.339 e. The summed E-state index contributed by atoms with van der Waals surface area (Å²) in [4.78, 5) is 16.0. The largest absolute Gasteiger partial charge is 0.465 e. The van der Waals surface area contributed by atoms with Gasteiger partial charge in [0.1, 0.15) is 5.82 Å². The van der Waals surface area contributed by atoms with Gasteiger partial charge in [-0.2, -0.15) is 5.10 Å². The van der Waals surface area contributed by atoms with Crippen molar-refractivity contribution in [1.82, 2.24) is 14.8 Å². The number of anilines is 1. The molecular formula is C17H24N4O2. The number of nitrogens with zero attached hydrogens (tertiary/aromatic N) is 3. The highest BCUT2D eigenvalue weighted by atomic mass is 16.5. The minimum atomic E-state index is -0.365. The predicted octanol–water partition coefficient (Wildman–Crippen LogP) is 2.57. The van der Waals surface area contributed by atoms with E-state index in [4.69, 9.17) is 4.74 Å². The normalized spacial score (nSPS) is 12.1. The summed E-state index contributed by atoms with van der Waals surface area (Å²) < 4.78 is 6.64. The van der Waals surface area contributed by atoms with Crippen LogP contribution in [0.1, 0.15) is 39.9 Å². The van der Waals surface area contributed by atoms with E-state index in [-0.39, 0.29) is 12.0 Å². The van der Waals surface area contributed by atoms with Gasteiger partial charge in [-0.1, -0.05) is 0 Å². The lowest BCUT2D eigenvalue weighted by molar-refractivity contribution is 0.0599. The van der Waals surface area contributed by atoms with Crippen molar-refractivity contribution in [1.29, 1.82) is 0 Å². The van der Waals surface area contributed by atoms with Crippen molar-refractivity contribution >= 4 is 11.8 Å². The van der Waals surface area contributed by atoms with Gasteiger partial charge in [0.15, 0.2) is 0 Å². The average molecular weight is 316 g/mol. The summed E-state index contributed by atoms with van der Waals surface area (Å²) in [5, 5.41) is 7.83. The van der Waals surface area contributed by atoms with Crippen molar-refractivity contribution in [3.63, 3.8) is 0 Å². The highest BCUT2D eigenvalue weighted by Gasteiger charge is 2.15. The zero-order valence-electron chi connectivity index (χ0n) is 14.6. The molecular weight excluding hydrogens is 292 g/mol. The number of aromatic nitrogens is 3. The van der Waals surface area contributed by atoms with Gasteiger partial charge in [0.2, 0.25) is 0 Å². The minimum Gasteiger partial charge on any atom is -0.465 e. The first-order valence-electron chi connectivity index (χ1n) is 7.65. The number of carbonyl (C=O) groups is 1. The summed E-state index contributed by atoms with van der Waals surface area (Å²) >= 11 is 0. The zero-order valence-corrected chi connectivity index (χ0v) is 14.6. The van der Waals surface area contributed by atoms with Crippen molar-refractivity contribution in [2.24, 2.45) is 7.05 Å². The van der Waals surface area contributed by atoms with E-state index in [1.165, 1.54) is 18.4 Å². The number of carbonyl (C=O) groups excluding carboxylic acids is 1. The Balaban J connectivity index is 2.10. The Bertz CT molecular complexity index is 722. The lowest BCUT2D eigenvalue weighted by Gasteiger charge is -2.16. The topological polar surface area (TPSA) is 69.0 Å². The third-order valence-electron chi connectivity index (χ3n) is 4.05. The molecule has 0 saturated carbocycles. The summed E-state index contributed by atoms with van der Waals surface area (Å²) in [5.74, 6) is 0.387. The molecule has 0 amide bonds. The van der Waals surface area contributed by atoms with Gasteiger partial charge >= 0.3 is 5.97 Å². The number of rotatable bonds is 5. The van der Waals surface area contributed by atoms with Crippen LogP contribution in [-0.4, -0.2) is 33.9 Å². The molecule has 23 heavy (non-hydrogen) atoms. The molecule has 1 atom stereocenters. The number of nitrogens with one attached hydrogen (secondary N) is 1. The molecule has 2 rings (SSSR count). The summed E-state index contributed by atoms with van der Waals surface area (Å²) in [6, 6.07) is 3.75.